The molecule has 2 aliphatic heterocycles. The van der Waals surface area contributed by atoms with Gasteiger partial charge in [-0.15, -0.1) is 0 Å². The van der Waals surface area contributed by atoms with E-state index in [0.29, 0.717) is 16.3 Å². The van der Waals surface area contributed by atoms with Gasteiger partial charge in [-0.2, -0.15) is 0 Å². The first-order valence-corrected chi connectivity index (χ1v) is 12.6. The molecule has 3 atom stereocenters. The highest BCUT2D eigenvalue weighted by Crippen LogP contribution is 2.62. The highest BCUT2D eigenvalue weighted by Gasteiger charge is 2.72. The highest BCUT2D eigenvalue weighted by molar-refractivity contribution is 6.31. The highest BCUT2D eigenvalue weighted by atomic mass is 35.5. The number of rotatable bonds is 9. The van der Waals surface area contributed by atoms with E-state index < -0.39 is 54.0 Å². The van der Waals surface area contributed by atoms with Gasteiger partial charge in [0.1, 0.15) is 17.3 Å². The van der Waals surface area contributed by atoms with E-state index >= 15 is 4.39 Å². The molecule has 1 saturated heterocycles. The van der Waals surface area contributed by atoms with Gasteiger partial charge in [0.2, 0.25) is 5.91 Å². The number of alkyl halides is 2. The first-order chi connectivity index (χ1) is 17.3. The van der Waals surface area contributed by atoms with Crippen LogP contribution in [0.15, 0.2) is 36.4 Å². The number of esters is 1. The van der Waals surface area contributed by atoms with E-state index in [1.54, 1.807) is 25.1 Å². The molecule has 4 rings (SSSR count). The summed E-state index contributed by atoms with van der Waals surface area (Å²) in [5.41, 5.74) is -2.01. The summed E-state index contributed by atoms with van der Waals surface area (Å²) >= 11 is 12.3. The van der Waals surface area contributed by atoms with Gasteiger partial charge in [0.25, 0.3) is 0 Å². The lowest BCUT2D eigenvalue weighted by Gasteiger charge is -2.45. The van der Waals surface area contributed by atoms with Crippen molar-refractivity contribution in [3.05, 3.63) is 63.4 Å². The van der Waals surface area contributed by atoms with E-state index in [9.17, 15) is 18.4 Å². The minimum absolute atomic E-state index is 0.0355. The van der Waals surface area contributed by atoms with Crippen LogP contribution in [-0.2, 0) is 19.7 Å². The molecular formula is C26H27Cl2F3N2O3. The lowest BCUT2D eigenvalue weighted by Crippen LogP contribution is -2.59. The van der Waals surface area contributed by atoms with Crippen LogP contribution in [0, 0.1) is 5.82 Å². The number of fused-ring (bicyclic) bond motifs is 2. The summed E-state index contributed by atoms with van der Waals surface area (Å²) in [6.07, 6.45) is 0.260. The van der Waals surface area contributed by atoms with Gasteiger partial charge in [0, 0.05) is 22.2 Å². The van der Waals surface area contributed by atoms with Crippen LogP contribution < -0.4 is 10.6 Å². The Morgan fingerprint density at radius 3 is 2.44 bits per heavy atom. The molecule has 36 heavy (non-hydrogen) atoms. The molecule has 194 valence electrons. The summed E-state index contributed by atoms with van der Waals surface area (Å²) in [4.78, 5) is 27.5. The molecule has 0 aromatic heterocycles. The molecule has 2 aliphatic rings. The number of amides is 1. The van der Waals surface area contributed by atoms with Gasteiger partial charge < -0.3 is 10.1 Å². The largest absolute Gasteiger partial charge is 0.465 e. The van der Waals surface area contributed by atoms with Crippen LogP contribution in [0.3, 0.4) is 0 Å². The van der Waals surface area contributed by atoms with Crippen molar-refractivity contribution in [2.75, 3.05) is 25.3 Å². The summed E-state index contributed by atoms with van der Waals surface area (Å²) in [6.45, 7) is 0.306. The molecule has 5 nitrogen and oxygen atoms in total. The Kier molecular flexibility index (Phi) is 7.88. The zero-order valence-corrected chi connectivity index (χ0v) is 21.2. The standard InChI is InChI=1S/C26H27Cl2F3N2O3/c1-2-36-23(34)22-20(16-6-3-7-18(28)21(16)31)26(25(33-22,10-4-12-29)11-5-13-30)17-9-8-15(27)14-19(17)32-24(26)35/h3,6-9,14,20,22,33H,2,4-5,10-13H2,1H3,(H,32,35)/t20-,22+,26+/m0/s1. The number of nitrogens with one attached hydrogen (secondary N) is 2. The second-order valence-electron chi connectivity index (χ2n) is 9.11. The second-order valence-corrected chi connectivity index (χ2v) is 9.96. The molecule has 0 unspecified atom stereocenters. The summed E-state index contributed by atoms with van der Waals surface area (Å²) in [5, 5.41) is 6.29. The Hall–Kier alpha value is -2.29. The molecular weight excluding hydrogens is 516 g/mol. The fraction of sp³-hybridized carbons (Fsp3) is 0.462. The van der Waals surface area contributed by atoms with Crippen molar-refractivity contribution in [3.8, 4) is 0 Å². The minimum Gasteiger partial charge on any atom is -0.465 e. The monoisotopic (exact) mass is 542 g/mol. The zero-order chi connectivity index (χ0) is 26.1. The molecule has 2 aromatic rings. The van der Waals surface area contributed by atoms with Gasteiger partial charge in [-0.05, 0) is 61.9 Å². The van der Waals surface area contributed by atoms with E-state index in [2.05, 4.69) is 10.6 Å². The maximum atomic E-state index is 15.7. The van der Waals surface area contributed by atoms with Gasteiger partial charge in [0.15, 0.2) is 0 Å². The van der Waals surface area contributed by atoms with Crippen molar-refractivity contribution >= 4 is 40.8 Å². The SMILES string of the molecule is CCOC(=O)[C@@H]1NC(CCCF)(CCCF)[C@@]2(C(=O)Nc3cc(Cl)ccc32)[C@H]1c1cccc(Cl)c1F. The Labute approximate surface area is 217 Å². The molecule has 2 aromatic carbocycles. The normalized spacial score (nSPS) is 24.1. The van der Waals surface area contributed by atoms with E-state index in [1.807, 2.05) is 0 Å². The average molecular weight is 543 g/mol. The molecule has 0 bridgehead atoms. The van der Waals surface area contributed by atoms with Crippen LogP contribution in [-0.4, -0.2) is 43.4 Å². The number of hydrogen-bond acceptors (Lipinski definition) is 4. The number of ether oxygens (including phenoxy) is 1. The molecule has 2 heterocycles. The minimum atomic E-state index is -1.61. The first-order valence-electron chi connectivity index (χ1n) is 11.9. The topological polar surface area (TPSA) is 67.4 Å². The summed E-state index contributed by atoms with van der Waals surface area (Å²) in [7, 11) is 0. The third kappa shape index (κ3) is 4.07. The summed E-state index contributed by atoms with van der Waals surface area (Å²) < 4.78 is 48.2. The predicted octanol–water partition coefficient (Wildman–Crippen LogP) is 5.88. The van der Waals surface area contributed by atoms with Crippen molar-refractivity contribution < 1.29 is 27.5 Å². The van der Waals surface area contributed by atoms with Crippen LogP contribution in [0.1, 0.15) is 49.7 Å². The Balaban J connectivity index is 2.09. The lowest BCUT2D eigenvalue weighted by molar-refractivity contribution is -0.145. The van der Waals surface area contributed by atoms with Crippen LogP contribution in [0.2, 0.25) is 10.0 Å². The molecule has 10 heteroatoms. The number of carbonyl (C=O) groups excluding carboxylic acids is 2. The van der Waals surface area contributed by atoms with Crippen LogP contribution in [0.25, 0.3) is 0 Å². The summed E-state index contributed by atoms with van der Waals surface area (Å²) in [5.74, 6) is -3.11. The maximum Gasteiger partial charge on any atom is 0.323 e. The third-order valence-electron chi connectivity index (χ3n) is 7.33. The molecule has 1 spiro atoms. The Bertz CT molecular complexity index is 1160. The Morgan fingerprint density at radius 1 is 1.11 bits per heavy atom. The third-order valence-corrected chi connectivity index (χ3v) is 7.86. The second kappa shape index (κ2) is 10.6. The number of hydrogen-bond donors (Lipinski definition) is 2. The fourth-order valence-corrected chi connectivity index (χ4v) is 6.49. The van der Waals surface area contributed by atoms with Crippen molar-refractivity contribution in [2.45, 2.75) is 55.5 Å². The predicted molar refractivity (Wildman–Crippen MR) is 133 cm³/mol. The molecule has 0 saturated carbocycles. The van der Waals surface area contributed by atoms with Crippen LogP contribution in [0.4, 0.5) is 18.9 Å². The van der Waals surface area contributed by atoms with E-state index in [-0.39, 0.29) is 42.9 Å². The Morgan fingerprint density at radius 2 is 1.81 bits per heavy atom. The van der Waals surface area contributed by atoms with Crippen molar-refractivity contribution in [3.63, 3.8) is 0 Å². The van der Waals surface area contributed by atoms with Crippen molar-refractivity contribution in [2.24, 2.45) is 0 Å². The number of anilines is 1. The van der Waals surface area contributed by atoms with Crippen LogP contribution >= 0.6 is 23.2 Å². The van der Waals surface area contributed by atoms with Gasteiger partial charge in [0.05, 0.1) is 25.0 Å². The first kappa shape index (κ1) is 26.8. The molecule has 1 fully saturated rings. The van der Waals surface area contributed by atoms with Gasteiger partial charge in [-0.25, -0.2) is 4.39 Å². The zero-order valence-electron chi connectivity index (χ0n) is 19.7. The van der Waals surface area contributed by atoms with Gasteiger partial charge in [-0.3, -0.25) is 23.7 Å². The molecule has 0 aliphatic carbocycles. The lowest BCUT2D eigenvalue weighted by atomic mass is 9.57. The van der Waals surface area contributed by atoms with Crippen molar-refractivity contribution in [1.29, 1.82) is 0 Å². The van der Waals surface area contributed by atoms with E-state index in [1.165, 1.54) is 18.2 Å². The average Bonchev–Trinajstić information content (AvgIpc) is 3.31. The smallest absolute Gasteiger partial charge is 0.323 e. The molecule has 1 amide bonds. The maximum absolute atomic E-state index is 15.7. The van der Waals surface area contributed by atoms with Crippen molar-refractivity contribution in [1.82, 2.24) is 5.32 Å². The van der Waals surface area contributed by atoms with E-state index in [0.717, 1.165) is 0 Å². The van der Waals surface area contributed by atoms with Gasteiger partial charge in [-0.1, -0.05) is 41.4 Å². The molecule has 0 radical (unpaired) electrons. The fourth-order valence-electron chi connectivity index (χ4n) is 6.13. The number of halogens is 5. The van der Waals surface area contributed by atoms with Crippen LogP contribution in [0.5, 0.6) is 0 Å². The molecule has 2 N–H and O–H groups in total. The quantitative estimate of drug-likeness (QED) is 0.388. The van der Waals surface area contributed by atoms with E-state index in [4.69, 9.17) is 27.9 Å². The number of benzene rings is 2. The summed E-state index contributed by atoms with van der Waals surface area (Å²) in [6, 6.07) is 8.02. The number of carbonyl (C=O) groups is 2. The van der Waals surface area contributed by atoms with Gasteiger partial charge >= 0.3 is 5.97 Å².